The molecule has 0 aliphatic carbocycles. The molecule has 19 heavy (non-hydrogen) atoms. The maximum atomic E-state index is 5.67. The van der Waals surface area contributed by atoms with Gasteiger partial charge in [0.2, 0.25) is 0 Å². The van der Waals surface area contributed by atoms with Gasteiger partial charge in [-0.05, 0) is 19.4 Å². The summed E-state index contributed by atoms with van der Waals surface area (Å²) >= 11 is 0. The van der Waals surface area contributed by atoms with Crippen molar-refractivity contribution in [2.24, 2.45) is 0 Å². The van der Waals surface area contributed by atoms with Crippen molar-refractivity contribution in [1.82, 2.24) is 15.4 Å². The summed E-state index contributed by atoms with van der Waals surface area (Å²) in [4.78, 5) is 2.38. The molecule has 0 aromatic carbocycles. The molecule has 0 amide bonds. The SMILES string of the molecule is CCCNCc1cc(CN2CCOC(CC)C2)on1. The average molecular weight is 267 g/mol. The van der Waals surface area contributed by atoms with Gasteiger partial charge in [0.15, 0.2) is 5.76 Å². The first-order chi connectivity index (χ1) is 9.31. The highest BCUT2D eigenvalue weighted by molar-refractivity contribution is 5.05. The molecule has 0 radical (unpaired) electrons. The Morgan fingerprint density at radius 3 is 3.16 bits per heavy atom. The van der Waals surface area contributed by atoms with E-state index in [-0.39, 0.29) is 0 Å². The third-order valence-corrected chi connectivity index (χ3v) is 3.40. The molecule has 1 aliphatic heterocycles. The average Bonchev–Trinajstić information content (AvgIpc) is 2.87. The smallest absolute Gasteiger partial charge is 0.151 e. The topological polar surface area (TPSA) is 50.5 Å². The lowest BCUT2D eigenvalue weighted by Crippen LogP contribution is -2.41. The zero-order valence-corrected chi connectivity index (χ0v) is 12.0. The van der Waals surface area contributed by atoms with Gasteiger partial charge in [0.25, 0.3) is 0 Å². The number of nitrogens with one attached hydrogen (secondary N) is 1. The zero-order valence-electron chi connectivity index (χ0n) is 12.0. The van der Waals surface area contributed by atoms with E-state index in [1.54, 1.807) is 0 Å². The van der Waals surface area contributed by atoms with Crippen molar-refractivity contribution in [2.75, 3.05) is 26.2 Å². The second-order valence-corrected chi connectivity index (χ2v) is 5.10. The molecule has 1 aromatic heterocycles. The molecule has 0 saturated carbocycles. The van der Waals surface area contributed by atoms with Crippen molar-refractivity contribution >= 4 is 0 Å². The molecule has 5 heteroatoms. The maximum absolute atomic E-state index is 5.67. The van der Waals surface area contributed by atoms with Gasteiger partial charge in [0, 0.05) is 25.7 Å². The van der Waals surface area contributed by atoms with Gasteiger partial charge in [-0.15, -0.1) is 0 Å². The summed E-state index contributed by atoms with van der Waals surface area (Å²) < 4.78 is 11.1. The highest BCUT2D eigenvalue weighted by Crippen LogP contribution is 2.13. The summed E-state index contributed by atoms with van der Waals surface area (Å²) in [6.45, 7) is 9.74. The van der Waals surface area contributed by atoms with Crippen LogP contribution in [0.25, 0.3) is 0 Å². The van der Waals surface area contributed by atoms with Gasteiger partial charge in [-0.3, -0.25) is 4.90 Å². The summed E-state index contributed by atoms with van der Waals surface area (Å²) in [6, 6.07) is 2.05. The van der Waals surface area contributed by atoms with Gasteiger partial charge in [-0.25, -0.2) is 0 Å². The summed E-state index contributed by atoms with van der Waals surface area (Å²) in [5.41, 5.74) is 0.990. The fraction of sp³-hybridized carbons (Fsp3) is 0.786. The number of nitrogens with zero attached hydrogens (tertiary/aromatic N) is 2. The van der Waals surface area contributed by atoms with E-state index >= 15 is 0 Å². The first-order valence-corrected chi connectivity index (χ1v) is 7.31. The quantitative estimate of drug-likeness (QED) is 0.763. The van der Waals surface area contributed by atoms with E-state index in [9.17, 15) is 0 Å². The van der Waals surface area contributed by atoms with E-state index in [4.69, 9.17) is 9.26 Å². The Balaban J connectivity index is 1.78. The summed E-state index contributed by atoms with van der Waals surface area (Å²) in [5.74, 6) is 0.949. The molecule has 1 saturated heterocycles. The molecule has 1 N–H and O–H groups in total. The maximum Gasteiger partial charge on any atom is 0.151 e. The van der Waals surface area contributed by atoms with Crippen LogP contribution < -0.4 is 5.32 Å². The van der Waals surface area contributed by atoms with Crippen LogP contribution in [0.3, 0.4) is 0 Å². The minimum atomic E-state index is 0.363. The lowest BCUT2D eigenvalue weighted by molar-refractivity contribution is -0.0346. The lowest BCUT2D eigenvalue weighted by atomic mass is 10.2. The summed E-state index contributed by atoms with van der Waals surface area (Å²) in [7, 11) is 0. The molecule has 2 heterocycles. The monoisotopic (exact) mass is 267 g/mol. The molecule has 1 aromatic rings. The lowest BCUT2D eigenvalue weighted by Gasteiger charge is -2.31. The Kier molecular flexibility index (Phi) is 5.82. The Morgan fingerprint density at radius 2 is 2.37 bits per heavy atom. The second kappa shape index (κ2) is 7.62. The fourth-order valence-corrected chi connectivity index (χ4v) is 2.30. The minimum absolute atomic E-state index is 0.363. The minimum Gasteiger partial charge on any atom is -0.376 e. The van der Waals surface area contributed by atoms with E-state index in [0.717, 1.165) is 63.6 Å². The van der Waals surface area contributed by atoms with Crippen LogP contribution in [0.15, 0.2) is 10.6 Å². The fourth-order valence-electron chi connectivity index (χ4n) is 2.30. The van der Waals surface area contributed by atoms with Crippen LogP contribution in [-0.2, 0) is 17.8 Å². The Bertz CT molecular complexity index is 367. The van der Waals surface area contributed by atoms with Crippen LogP contribution >= 0.6 is 0 Å². The van der Waals surface area contributed by atoms with Gasteiger partial charge in [-0.2, -0.15) is 0 Å². The third kappa shape index (κ3) is 4.60. The van der Waals surface area contributed by atoms with E-state index < -0.39 is 0 Å². The molecule has 0 bridgehead atoms. The van der Waals surface area contributed by atoms with Crippen LogP contribution in [-0.4, -0.2) is 42.4 Å². The Hall–Kier alpha value is -0.910. The molecular formula is C14H25N3O2. The predicted molar refractivity (Wildman–Crippen MR) is 73.8 cm³/mol. The number of rotatable bonds is 7. The van der Waals surface area contributed by atoms with Gasteiger partial charge in [0.1, 0.15) is 0 Å². The molecule has 5 nitrogen and oxygen atoms in total. The molecule has 1 unspecified atom stereocenters. The van der Waals surface area contributed by atoms with Gasteiger partial charge < -0.3 is 14.6 Å². The number of hydrogen-bond donors (Lipinski definition) is 1. The highest BCUT2D eigenvalue weighted by Gasteiger charge is 2.20. The zero-order chi connectivity index (χ0) is 13.5. The number of morpholine rings is 1. The summed E-state index contributed by atoms with van der Waals surface area (Å²) in [6.07, 6.45) is 2.57. The second-order valence-electron chi connectivity index (χ2n) is 5.10. The van der Waals surface area contributed by atoms with Crippen molar-refractivity contribution in [1.29, 1.82) is 0 Å². The van der Waals surface area contributed by atoms with Crippen LogP contribution in [0, 0.1) is 0 Å². The molecule has 0 spiro atoms. The standard InChI is InChI=1S/C14H25N3O2/c1-3-5-15-9-12-8-14(19-16-12)11-17-6-7-18-13(4-2)10-17/h8,13,15H,3-7,9-11H2,1-2H3. The van der Waals surface area contributed by atoms with Crippen LogP contribution in [0.4, 0.5) is 0 Å². The normalized spacial score (nSPS) is 20.8. The predicted octanol–water partition coefficient (Wildman–Crippen LogP) is 1.78. The Labute approximate surface area is 115 Å². The highest BCUT2D eigenvalue weighted by atomic mass is 16.5. The molecular weight excluding hydrogens is 242 g/mol. The first kappa shape index (κ1) is 14.5. The van der Waals surface area contributed by atoms with Gasteiger partial charge in [0.05, 0.1) is 24.9 Å². The van der Waals surface area contributed by atoms with Crippen molar-refractivity contribution in [2.45, 2.75) is 45.9 Å². The van der Waals surface area contributed by atoms with E-state index in [1.807, 2.05) is 0 Å². The van der Waals surface area contributed by atoms with E-state index in [2.05, 4.69) is 35.3 Å². The first-order valence-electron chi connectivity index (χ1n) is 7.31. The van der Waals surface area contributed by atoms with Crippen LogP contribution in [0.2, 0.25) is 0 Å². The van der Waals surface area contributed by atoms with E-state index in [1.165, 1.54) is 0 Å². The van der Waals surface area contributed by atoms with Crippen molar-refractivity contribution in [3.8, 4) is 0 Å². The van der Waals surface area contributed by atoms with Gasteiger partial charge in [-0.1, -0.05) is 19.0 Å². The van der Waals surface area contributed by atoms with Crippen molar-refractivity contribution in [3.05, 3.63) is 17.5 Å². The van der Waals surface area contributed by atoms with Gasteiger partial charge >= 0.3 is 0 Å². The van der Waals surface area contributed by atoms with Crippen molar-refractivity contribution < 1.29 is 9.26 Å². The summed E-state index contributed by atoms with van der Waals surface area (Å²) in [5, 5.41) is 7.43. The molecule has 1 aliphatic rings. The number of ether oxygens (including phenoxy) is 1. The molecule has 1 fully saturated rings. The number of hydrogen-bond acceptors (Lipinski definition) is 5. The number of aromatic nitrogens is 1. The van der Waals surface area contributed by atoms with Crippen molar-refractivity contribution in [3.63, 3.8) is 0 Å². The van der Waals surface area contributed by atoms with Crippen LogP contribution in [0.5, 0.6) is 0 Å². The Morgan fingerprint density at radius 1 is 1.47 bits per heavy atom. The van der Waals surface area contributed by atoms with E-state index in [0.29, 0.717) is 6.10 Å². The third-order valence-electron chi connectivity index (χ3n) is 3.40. The molecule has 2 rings (SSSR count). The molecule has 108 valence electrons. The molecule has 1 atom stereocenters. The van der Waals surface area contributed by atoms with Crippen LogP contribution in [0.1, 0.15) is 38.1 Å². The largest absolute Gasteiger partial charge is 0.376 e.